The quantitative estimate of drug-likeness (QED) is 0.433. The van der Waals surface area contributed by atoms with Crippen molar-refractivity contribution in [2.24, 2.45) is 11.8 Å². The Balaban J connectivity index is 1.56. The Morgan fingerprint density at radius 1 is 0.794 bits per heavy atom. The average molecular weight is 455 g/mol. The number of amides is 2. The fourth-order valence-electron chi connectivity index (χ4n) is 5.52. The zero-order valence-electron chi connectivity index (χ0n) is 18.0. The van der Waals surface area contributed by atoms with Crippen molar-refractivity contribution in [3.8, 4) is 0 Å². The smallest absolute Gasteiger partial charge is 0.241 e. The lowest BCUT2D eigenvalue weighted by molar-refractivity contribution is -0.127. The minimum atomic E-state index is -2.14. The average Bonchev–Trinajstić information content (AvgIpc) is 3.40. The number of ketones is 2. The van der Waals surface area contributed by atoms with E-state index in [2.05, 4.69) is 0 Å². The number of rotatable bonds is 2. The summed E-state index contributed by atoms with van der Waals surface area (Å²) in [6.45, 7) is 1.77. The van der Waals surface area contributed by atoms with E-state index in [1.165, 1.54) is 36.4 Å². The number of carbonyl (C=O) groups is 4. The highest BCUT2D eigenvalue weighted by Gasteiger charge is 2.74. The van der Waals surface area contributed by atoms with E-state index in [-0.39, 0.29) is 11.1 Å². The molecule has 0 unspecified atom stereocenters. The summed E-state index contributed by atoms with van der Waals surface area (Å²) >= 11 is 0. The van der Waals surface area contributed by atoms with Crippen molar-refractivity contribution in [1.29, 1.82) is 0 Å². The topological polar surface area (TPSA) is 80.8 Å². The van der Waals surface area contributed by atoms with E-state index < -0.39 is 52.7 Å². The Morgan fingerprint density at radius 3 is 2.00 bits per heavy atom. The van der Waals surface area contributed by atoms with Crippen molar-refractivity contribution in [3.05, 3.63) is 101 Å². The van der Waals surface area contributed by atoms with Gasteiger partial charge in [-0.05, 0) is 36.2 Å². The number of anilines is 1. The van der Waals surface area contributed by atoms with Crippen molar-refractivity contribution >= 4 is 29.1 Å². The van der Waals surface area contributed by atoms with Crippen LogP contribution in [-0.2, 0) is 14.3 Å². The molecule has 0 N–H and O–H groups in total. The Hall–Kier alpha value is -3.97. The van der Waals surface area contributed by atoms with Crippen molar-refractivity contribution in [3.63, 3.8) is 0 Å². The van der Waals surface area contributed by atoms with E-state index in [4.69, 9.17) is 4.74 Å². The molecule has 0 aromatic heterocycles. The lowest BCUT2D eigenvalue weighted by Gasteiger charge is -2.27. The molecule has 3 aromatic carbocycles. The molecule has 2 fully saturated rings. The number of carbonyl (C=O) groups excluding carboxylic acids is 4. The molecular formula is C27H18FNO5. The molecule has 34 heavy (non-hydrogen) atoms. The highest BCUT2D eigenvalue weighted by atomic mass is 19.1. The highest BCUT2D eigenvalue weighted by Crippen LogP contribution is 2.57. The summed E-state index contributed by atoms with van der Waals surface area (Å²) in [6.07, 6.45) is -1.07. The number of Topliss-reactive ketones (excluding diaryl/α,β-unsaturated/α-hetero) is 2. The van der Waals surface area contributed by atoms with Crippen LogP contribution in [0.2, 0.25) is 0 Å². The monoisotopic (exact) mass is 455 g/mol. The second-order valence-corrected chi connectivity index (χ2v) is 8.83. The fourth-order valence-corrected chi connectivity index (χ4v) is 5.52. The Bertz CT molecular complexity index is 1380. The van der Waals surface area contributed by atoms with Gasteiger partial charge in [-0.25, -0.2) is 9.29 Å². The van der Waals surface area contributed by atoms with Gasteiger partial charge in [-0.2, -0.15) is 0 Å². The van der Waals surface area contributed by atoms with E-state index in [0.717, 1.165) is 4.90 Å². The van der Waals surface area contributed by atoms with Crippen LogP contribution in [0.25, 0.3) is 0 Å². The number of aryl methyl sites for hydroxylation is 1. The normalized spacial score (nSPS) is 24.8. The zero-order chi connectivity index (χ0) is 23.8. The third kappa shape index (κ3) is 2.47. The molecule has 2 saturated heterocycles. The molecule has 7 heteroatoms. The standard InChI is InChI=1S/C27H18FNO5/c1-14-6-2-5-9-19(14)29-25(32)20-21(26(29)33)27(34-22(20)15-10-12-16(28)13-11-15)23(30)17-7-3-4-8-18(17)24(27)31/h2-13,20-22H,1H3/t20-,21+,22+/m0/s1. The van der Waals surface area contributed by atoms with Gasteiger partial charge in [-0.3, -0.25) is 19.2 Å². The van der Waals surface area contributed by atoms with Gasteiger partial charge in [0.05, 0.1) is 23.6 Å². The van der Waals surface area contributed by atoms with E-state index in [1.807, 2.05) is 0 Å². The Labute approximate surface area is 193 Å². The van der Waals surface area contributed by atoms with Crippen LogP contribution in [0.1, 0.15) is 37.9 Å². The fraction of sp³-hybridized carbons (Fsp3) is 0.185. The lowest BCUT2D eigenvalue weighted by atomic mass is 9.77. The summed E-state index contributed by atoms with van der Waals surface area (Å²) in [5.74, 6) is -5.37. The van der Waals surface area contributed by atoms with Crippen LogP contribution >= 0.6 is 0 Å². The number of imide groups is 1. The van der Waals surface area contributed by atoms with Crippen LogP contribution < -0.4 is 4.90 Å². The molecule has 3 aromatic rings. The number of halogens is 1. The molecule has 1 spiro atoms. The summed E-state index contributed by atoms with van der Waals surface area (Å²) in [6, 6.07) is 18.6. The molecule has 168 valence electrons. The maximum absolute atomic E-state index is 13.8. The second-order valence-electron chi connectivity index (χ2n) is 8.83. The van der Waals surface area contributed by atoms with Crippen LogP contribution in [-0.4, -0.2) is 29.0 Å². The van der Waals surface area contributed by atoms with E-state index in [9.17, 15) is 23.6 Å². The minimum Gasteiger partial charge on any atom is -0.349 e. The molecule has 6 rings (SSSR count). The third-order valence-electron chi connectivity index (χ3n) is 7.07. The molecule has 0 saturated carbocycles. The number of hydrogen-bond donors (Lipinski definition) is 0. The summed E-state index contributed by atoms with van der Waals surface area (Å²) in [5, 5.41) is 0. The number of nitrogens with zero attached hydrogens (tertiary/aromatic N) is 1. The van der Waals surface area contributed by atoms with Crippen molar-refractivity contribution in [2.75, 3.05) is 4.90 Å². The van der Waals surface area contributed by atoms with Crippen LogP contribution in [0.15, 0.2) is 72.8 Å². The predicted molar refractivity (Wildman–Crippen MR) is 119 cm³/mol. The highest BCUT2D eigenvalue weighted by molar-refractivity contribution is 6.37. The Morgan fingerprint density at radius 2 is 1.38 bits per heavy atom. The van der Waals surface area contributed by atoms with Crippen molar-refractivity contribution in [2.45, 2.75) is 18.6 Å². The van der Waals surface area contributed by atoms with E-state index in [0.29, 0.717) is 16.8 Å². The molecule has 6 nitrogen and oxygen atoms in total. The molecule has 3 aliphatic rings. The number of hydrogen-bond acceptors (Lipinski definition) is 5. The van der Waals surface area contributed by atoms with Crippen LogP contribution in [0.5, 0.6) is 0 Å². The number of fused-ring (bicyclic) bond motifs is 3. The van der Waals surface area contributed by atoms with Gasteiger partial charge < -0.3 is 4.74 Å². The van der Waals surface area contributed by atoms with Gasteiger partial charge in [0.15, 0.2) is 0 Å². The largest absolute Gasteiger partial charge is 0.349 e. The van der Waals surface area contributed by atoms with Gasteiger partial charge in [-0.15, -0.1) is 0 Å². The Kier molecular flexibility index (Phi) is 4.25. The van der Waals surface area contributed by atoms with Gasteiger partial charge in [-0.1, -0.05) is 54.6 Å². The third-order valence-corrected chi connectivity index (χ3v) is 7.07. The molecule has 2 amide bonds. The first kappa shape index (κ1) is 20.6. The number of benzene rings is 3. The van der Waals surface area contributed by atoms with Crippen LogP contribution in [0, 0.1) is 24.6 Å². The molecule has 3 atom stereocenters. The molecule has 2 aliphatic heterocycles. The SMILES string of the molecule is Cc1ccccc1N1C(=O)[C@@H]2[C@@H](c3ccc(F)cc3)OC3(C(=O)c4ccccc4C3=O)[C@H]2C1=O. The van der Waals surface area contributed by atoms with E-state index in [1.54, 1.807) is 43.3 Å². The molecular weight excluding hydrogens is 437 g/mol. The molecule has 1 aliphatic carbocycles. The van der Waals surface area contributed by atoms with Gasteiger partial charge >= 0.3 is 0 Å². The maximum Gasteiger partial charge on any atom is 0.241 e. The first-order valence-corrected chi connectivity index (χ1v) is 10.9. The minimum absolute atomic E-state index is 0.167. The van der Waals surface area contributed by atoms with Crippen molar-refractivity contribution < 1.29 is 28.3 Å². The van der Waals surface area contributed by atoms with E-state index >= 15 is 0 Å². The van der Waals surface area contributed by atoms with Crippen LogP contribution in [0.3, 0.4) is 0 Å². The number of ether oxygens (including phenoxy) is 1. The maximum atomic E-state index is 13.8. The molecule has 0 radical (unpaired) electrons. The summed E-state index contributed by atoms with van der Waals surface area (Å²) < 4.78 is 19.8. The first-order chi connectivity index (χ1) is 16.4. The first-order valence-electron chi connectivity index (χ1n) is 10.9. The van der Waals surface area contributed by atoms with Gasteiger partial charge in [0.2, 0.25) is 29.0 Å². The predicted octanol–water partition coefficient (Wildman–Crippen LogP) is 3.83. The van der Waals surface area contributed by atoms with Crippen LogP contribution in [0.4, 0.5) is 10.1 Å². The lowest BCUT2D eigenvalue weighted by Crippen LogP contribution is -2.51. The van der Waals surface area contributed by atoms with Gasteiger partial charge in [0, 0.05) is 11.1 Å². The molecule has 0 bridgehead atoms. The zero-order valence-corrected chi connectivity index (χ0v) is 18.0. The summed E-state index contributed by atoms with van der Waals surface area (Å²) in [7, 11) is 0. The van der Waals surface area contributed by atoms with Gasteiger partial charge in [0.1, 0.15) is 5.82 Å². The second kappa shape index (κ2) is 7.01. The van der Waals surface area contributed by atoms with Crippen molar-refractivity contribution in [1.82, 2.24) is 0 Å². The summed E-state index contributed by atoms with van der Waals surface area (Å²) in [4.78, 5) is 56.0. The molecule has 2 heterocycles. The number of para-hydroxylation sites is 1. The summed E-state index contributed by atoms with van der Waals surface area (Å²) in [5.41, 5.74) is -0.295. The van der Waals surface area contributed by atoms with Gasteiger partial charge in [0.25, 0.3) is 0 Å².